The van der Waals surface area contributed by atoms with Gasteiger partial charge in [0.05, 0.1) is 30.0 Å². The molecule has 1 fully saturated rings. The van der Waals surface area contributed by atoms with Gasteiger partial charge in [-0.2, -0.15) is 0 Å². The van der Waals surface area contributed by atoms with Crippen LogP contribution in [0.1, 0.15) is 42.6 Å². The lowest BCUT2D eigenvalue weighted by molar-refractivity contribution is -0.144. The molecule has 1 aromatic heterocycles. The Morgan fingerprint density at radius 2 is 1.64 bits per heavy atom. The second-order valence-electron chi connectivity index (χ2n) is 8.97. The zero-order chi connectivity index (χ0) is 27.9. The van der Waals surface area contributed by atoms with E-state index >= 15 is 0 Å². The molecule has 3 aromatic rings. The minimum Gasteiger partial charge on any atom is -0.497 e. The predicted octanol–water partition coefficient (Wildman–Crippen LogP) is 6.62. The Bertz CT molecular complexity index is 1320. The molecular weight excluding hydrogens is 563 g/mol. The van der Waals surface area contributed by atoms with Crippen molar-refractivity contribution in [3.8, 4) is 16.3 Å². The van der Waals surface area contributed by atoms with Crippen LogP contribution in [0.3, 0.4) is 0 Å². The molecule has 4 rings (SSSR count). The summed E-state index contributed by atoms with van der Waals surface area (Å²) in [6, 6.07) is 10.5. The molecule has 0 radical (unpaired) electrons. The van der Waals surface area contributed by atoms with Crippen molar-refractivity contribution in [2.75, 3.05) is 24.9 Å². The molecule has 39 heavy (non-hydrogen) atoms. The van der Waals surface area contributed by atoms with Crippen molar-refractivity contribution in [3.63, 3.8) is 0 Å². The first-order chi connectivity index (χ1) is 18.8. The molecule has 0 bridgehead atoms. The molecule has 206 valence electrons. The molecular formula is C27H28Cl2N4O5S. The summed E-state index contributed by atoms with van der Waals surface area (Å²) >= 11 is 13.5. The van der Waals surface area contributed by atoms with Gasteiger partial charge in [0.2, 0.25) is 0 Å². The topological polar surface area (TPSA) is 119 Å². The van der Waals surface area contributed by atoms with Crippen LogP contribution in [0, 0.1) is 5.92 Å². The van der Waals surface area contributed by atoms with Crippen LogP contribution in [0.15, 0.2) is 42.5 Å². The summed E-state index contributed by atoms with van der Waals surface area (Å²) in [4.78, 5) is 43.6. The van der Waals surface area contributed by atoms with Crippen molar-refractivity contribution in [3.05, 3.63) is 58.2 Å². The van der Waals surface area contributed by atoms with Gasteiger partial charge >= 0.3 is 12.0 Å². The summed E-state index contributed by atoms with van der Waals surface area (Å²) in [5, 5.41) is 9.31. The third-order valence-electron chi connectivity index (χ3n) is 6.47. The Kier molecular flexibility index (Phi) is 9.66. The molecule has 0 unspecified atom stereocenters. The number of methoxy groups -OCH3 is 2. The number of hydrogen-bond donors (Lipinski definition) is 3. The molecule has 9 nitrogen and oxygen atoms in total. The Morgan fingerprint density at radius 1 is 0.974 bits per heavy atom. The maximum atomic E-state index is 13.5. The number of thiazole rings is 1. The van der Waals surface area contributed by atoms with E-state index in [0.717, 1.165) is 43.4 Å². The number of rotatable bonds is 8. The SMILES string of the molecule is COC(=O)[C@@H](NC(=O)c1nc(-c2ccc(OC)cc2)sc1NC(=O)Nc1c(Cl)cccc1Cl)C1CCCCC1. The zero-order valence-electron chi connectivity index (χ0n) is 21.4. The minimum atomic E-state index is -0.822. The molecule has 12 heteroatoms. The van der Waals surface area contributed by atoms with E-state index in [1.807, 2.05) is 0 Å². The number of nitrogens with one attached hydrogen (secondary N) is 3. The first kappa shape index (κ1) is 28.7. The van der Waals surface area contributed by atoms with Crippen molar-refractivity contribution < 1.29 is 23.9 Å². The molecule has 2 aromatic carbocycles. The number of esters is 1. The molecule has 0 spiro atoms. The summed E-state index contributed by atoms with van der Waals surface area (Å²) < 4.78 is 10.2. The van der Waals surface area contributed by atoms with Crippen LogP contribution in [0.4, 0.5) is 15.5 Å². The molecule has 0 aliphatic heterocycles. The number of aromatic nitrogens is 1. The monoisotopic (exact) mass is 590 g/mol. The zero-order valence-corrected chi connectivity index (χ0v) is 23.7. The van der Waals surface area contributed by atoms with Gasteiger partial charge in [-0.25, -0.2) is 14.6 Å². The van der Waals surface area contributed by atoms with Gasteiger partial charge < -0.3 is 20.1 Å². The Morgan fingerprint density at radius 3 is 2.26 bits per heavy atom. The highest BCUT2D eigenvalue weighted by molar-refractivity contribution is 7.19. The van der Waals surface area contributed by atoms with E-state index in [2.05, 4.69) is 20.9 Å². The number of carbonyl (C=O) groups excluding carboxylic acids is 3. The minimum absolute atomic E-state index is 0.0315. The lowest BCUT2D eigenvalue weighted by Crippen LogP contribution is -2.47. The van der Waals surface area contributed by atoms with Gasteiger partial charge in [-0.15, -0.1) is 0 Å². The number of amides is 3. The maximum absolute atomic E-state index is 13.5. The molecule has 3 amide bonds. The van der Waals surface area contributed by atoms with Gasteiger partial charge in [-0.1, -0.05) is 59.9 Å². The number of anilines is 2. The summed E-state index contributed by atoms with van der Waals surface area (Å²) in [5.74, 6) is -0.493. The van der Waals surface area contributed by atoms with Crippen LogP contribution >= 0.6 is 34.5 Å². The van der Waals surface area contributed by atoms with Crippen LogP contribution in [0.25, 0.3) is 10.6 Å². The first-order valence-electron chi connectivity index (χ1n) is 12.4. The third kappa shape index (κ3) is 7.00. The van der Waals surface area contributed by atoms with E-state index in [1.165, 1.54) is 7.11 Å². The molecule has 1 atom stereocenters. The number of urea groups is 1. The van der Waals surface area contributed by atoms with Crippen molar-refractivity contribution in [1.29, 1.82) is 0 Å². The standard InChI is InChI=1S/C27H28Cl2N4O5S/c1-37-17-13-11-16(12-14-17)24-31-22(23(34)30-20(26(35)38-2)15-7-4-3-5-8-15)25(39-24)33-27(36)32-21-18(28)9-6-10-19(21)29/h6,9-15,20H,3-5,7-8H2,1-2H3,(H,30,34)(H2,32,33,36)/t20-/m0/s1. The number of para-hydroxylation sites is 1. The Balaban J connectivity index is 1.63. The largest absolute Gasteiger partial charge is 0.497 e. The molecule has 1 heterocycles. The fourth-order valence-corrected chi connectivity index (χ4v) is 5.91. The molecule has 0 saturated heterocycles. The van der Waals surface area contributed by atoms with E-state index in [1.54, 1.807) is 49.6 Å². The van der Waals surface area contributed by atoms with E-state index in [0.29, 0.717) is 16.3 Å². The van der Waals surface area contributed by atoms with E-state index in [9.17, 15) is 14.4 Å². The molecule has 1 aliphatic rings. The highest BCUT2D eigenvalue weighted by atomic mass is 35.5. The fourth-order valence-electron chi connectivity index (χ4n) is 4.45. The maximum Gasteiger partial charge on any atom is 0.328 e. The fraction of sp³-hybridized carbons (Fsp3) is 0.333. The summed E-state index contributed by atoms with van der Waals surface area (Å²) in [6.45, 7) is 0. The highest BCUT2D eigenvalue weighted by Crippen LogP contribution is 2.35. The number of nitrogens with zero attached hydrogens (tertiary/aromatic N) is 1. The van der Waals surface area contributed by atoms with Crippen LogP contribution in [0.5, 0.6) is 5.75 Å². The van der Waals surface area contributed by atoms with E-state index in [4.69, 9.17) is 32.7 Å². The van der Waals surface area contributed by atoms with Crippen LogP contribution in [-0.2, 0) is 9.53 Å². The van der Waals surface area contributed by atoms with E-state index < -0.39 is 23.9 Å². The van der Waals surface area contributed by atoms with Gasteiger partial charge in [0.25, 0.3) is 5.91 Å². The second-order valence-corrected chi connectivity index (χ2v) is 10.8. The lowest BCUT2D eigenvalue weighted by atomic mass is 9.84. The number of ether oxygens (including phenoxy) is 2. The quantitative estimate of drug-likeness (QED) is 0.254. The summed E-state index contributed by atoms with van der Waals surface area (Å²) in [5.41, 5.74) is 0.914. The predicted molar refractivity (Wildman–Crippen MR) is 153 cm³/mol. The van der Waals surface area contributed by atoms with Crippen molar-refractivity contribution in [1.82, 2.24) is 10.3 Å². The van der Waals surface area contributed by atoms with Gasteiger partial charge in [0, 0.05) is 5.56 Å². The Labute approximate surface area is 240 Å². The van der Waals surface area contributed by atoms with Gasteiger partial charge in [-0.05, 0) is 55.2 Å². The first-order valence-corrected chi connectivity index (χ1v) is 13.9. The van der Waals surface area contributed by atoms with Crippen molar-refractivity contribution in [2.45, 2.75) is 38.1 Å². The van der Waals surface area contributed by atoms with Gasteiger partial charge in [0.1, 0.15) is 21.8 Å². The van der Waals surface area contributed by atoms with Gasteiger partial charge in [-0.3, -0.25) is 10.1 Å². The number of benzene rings is 2. The van der Waals surface area contributed by atoms with Crippen LogP contribution in [0.2, 0.25) is 10.0 Å². The molecule has 1 saturated carbocycles. The third-order valence-corrected chi connectivity index (χ3v) is 8.12. The number of halogens is 2. The highest BCUT2D eigenvalue weighted by Gasteiger charge is 2.33. The smallest absolute Gasteiger partial charge is 0.328 e. The van der Waals surface area contributed by atoms with Crippen LogP contribution in [-0.4, -0.2) is 43.2 Å². The summed E-state index contributed by atoms with van der Waals surface area (Å²) in [6.07, 6.45) is 4.66. The lowest BCUT2D eigenvalue weighted by Gasteiger charge is -2.28. The van der Waals surface area contributed by atoms with Crippen molar-refractivity contribution >= 4 is 63.1 Å². The second kappa shape index (κ2) is 13.1. The van der Waals surface area contributed by atoms with Crippen molar-refractivity contribution in [2.24, 2.45) is 5.92 Å². The normalized spacial score (nSPS) is 14.3. The average Bonchev–Trinajstić information content (AvgIpc) is 3.37. The average molecular weight is 592 g/mol. The van der Waals surface area contributed by atoms with Crippen LogP contribution < -0.4 is 20.7 Å². The number of carbonyl (C=O) groups is 3. The number of hydrogen-bond acceptors (Lipinski definition) is 7. The van der Waals surface area contributed by atoms with Gasteiger partial charge in [0.15, 0.2) is 5.69 Å². The molecule has 3 N–H and O–H groups in total. The Hall–Kier alpha value is -3.34. The summed E-state index contributed by atoms with van der Waals surface area (Å²) in [7, 11) is 2.86. The van der Waals surface area contributed by atoms with E-state index in [-0.39, 0.29) is 32.3 Å². The molecule has 1 aliphatic carbocycles.